The van der Waals surface area contributed by atoms with Crippen molar-refractivity contribution in [2.24, 2.45) is 5.92 Å². The predicted molar refractivity (Wildman–Crippen MR) is 85.2 cm³/mol. The van der Waals surface area contributed by atoms with E-state index in [1.165, 1.54) is 0 Å². The molecule has 0 aliphatic carbocycles. The SMILES string of the molecule is CC1CCNCC1NC(=O)CCOc1ccc(Cl)cc1Cl. The van der Waals surface area contributed by atoms with Gasteiger partial charge < -0.3 is 15.4 Å². The molecule has 1 amide bonds. The molecule has 2 atom stereocenters. The molecule has 2 unspecified atom stereocenters. The normalized spacial score (nSPS) is 21.9. The second-order valence-corrected chi connectivity index (χ2v) is 6.16. The van der Waals surface area contributed by atoms with Gasteiger partial charge in [-0.25, -0.2) is 0 Å². The molecule has 1 aromatic rings. The monoisotopic (exact) mass is 330 g/mol. The fourth-order valence-electron chi connectivity index (χ4n) is 2.31. The van der Waals surface area contributed by atoms with E-state index in [0.29, 0.717) is 34.7 Å². The Labute approximate surface area is 135 Å². The van der Waals surface area contributed by atoms with E-state index in [0.717, 1.165) is 19.5 Å². The van der Waals surface area contributed by atoms with Gasteiger partial charge in [0.25, 0.3) is 0 Å². The van der Waals surface area contributed by atoms with Crippen LogP contribution in [0, 0.1) is 5.92 Å². The highest BCUT2D eigenvalue weighted by atomic mass is 35.5. The van der Waals surface area contributed by atoms with Crippen molar-refractivity contribution < 1.29 is 9.53 Å². The van der Waals surface area contributed by atoms with Crippen LogP contribution < -0.4 is 15.4 Å². The van der Waals surface area contributed by atoms with E-state index in [1.54, 1.807) is 18.2 Å². The number of halogens is 2. The Morgan fingerprint density at radius 2 is 2.29 bits per heavy atom. The standard InChI is InChI=1S/C15H20Cl2N2O2/c1-10-4-6-18-9-13(10)19-15(20)5-7-21-14-3-2-11(16)8-12(14)17/h2-3,8,10,13,18H,4-7,9H2,1H3,(H,19,20). The van der Waals surface area contributed by atoms with E-state index in [2.05, 4.69) is 17.6 Å². The summed E-state index contributed by atoms with van der Waals surface area (Å²) >= 11 is 11.8. The fraction of sp³-hybridized carbons (Fsp3) is 0.533. The van der Waals surface area contributed by atoms with E-state index in [4.69, 9.17) is 27.9 Å². The summed E-state index contributed by atoms with van der Waals surface area (Å²) in [4.78, 5) is 11.9. The summed E-state index contributed by atoms with van der Waals surface area (Å²) < 4.78 is 5.51. The van der Waals surface area contributed by atoms with Crippen molar-refractivity contribution in [2.45, 2.75) is 25.8 Å². The Balaban J connectivity index is 1.73. The minimum absolute atomic E-state index is 0.000589. The number of hydrogen-bond acceptors (Lipinski definition) is 3. The summed E-state index contributed by atoms with van der Waals surface area (Å²) in [5.74, 6) is 1.05. The van der Waals surface area contributed by atoms with Gasteiger partial charge in [-0.2, -0.15) is 0 Å². The molecule has 1 heterocycles. The molecular weight excluding hydrogens is 311 g/mol. The minimum atomic E-state index is 0.000589. The zero-order chi connectivity index (χ0) is 15.2. The van der Waals surface area contributed by atoms with Gasteiger partial charge in [-0.15, -0.1) is 0 Å². The van der Waals surface area contributed by atoms with Crippen molar-refractivity contribution in [1.29, 1.82) is 0 Å². The average Bonchev–Trinajstić information content (AvgIpc) is 2.44. The van der Waals surface area contributed by atoms with Crippen LogP contribution in [0.1, 0.15) is 19.8 Å². The molecule has 116 valence electrons. The van der Waals surface area contributed by atoms with Crippen LogP contribution in [0.15, 0.2) is 18.2 Å². The second kappa shape index (κ2) is 7.87. The van der Waals surface area contributed by atoms with E-state index >= 15 is 0 Å². The van der Waals surface area contributed by atoms with Gasteiger partial charge in [0, 0.05) is 17.6 Å². The third kappa shape index (κ3) is 5.06. The first kappa shape index (κ1) is 16.4. The molecule has 0 aromatic heterocycles. The summed E-state index contributed by atoms with van der Waals surface area (Å²) in [5, 5.41) is 7.34. The van der Waals surface area contributed by atoms with Gasteiger partial charge >= 0.3 is 0 Å². The Hall–Kier alpha value is -0.970. The molecular formula is C15H20Cl2N2O2. The molecule has 1 aliphatic heterocycles. The molecule has 0 bridgehead atoms. The maximum atomic E-state index is 11.9. The van der Waals surface area contributed by atoms with Gasteiger partial charge in [0.2, 0.25) is 5.91 Å². The van der Waals surface area contributed by atoms with Crippen LogP contribution in [0.3, 0.4) is 0 Å². The third-order valence-corrected chi connectivity index (χ3v) is 4.19. The summed E-state index contributed by atoms with van der Waals surface area (Å²) in [6, 6.07) is 5.23. The lowest BCUT2D eigenvalue weighted by Gasteiger charge is -2.30. The minimum Gasteiger partial charge on any atom is -0.491 e. The topological polar surface area (TPSA) is 50.4 Å². The zero-order valence-corrected chi connectivity index (χ0v) is 13.5. The van der Waals surface area contributed by atoms with Crippen molar-refractivity contribution in [3.8, 4) is 5.75 Å². The lowest BCUT2D eigenvalue weighted by Crippen LogP contribution is -2.50. The second-order valence-electron chi connectivity index (χ2n) is 5.32. The molecule has 1 aromatic carbocycles. The van der Waals surface area contributed by atoms with Crippen LogP contribution in [0.4, 0.5) is 0 Å². The van der Waals surface area contributed by atoms with Crippen LogP contribution in [0.5, 0.6) is 5.75 Å². The van der Waals surface area contributed by atoms with Crippen molar-refractivity contribution >= 4 is 29.1 Å². The highest BCUT2D eigenvalue weighted by molar-refractivity contribution is 6.35. The Morgan fingerprint density at radius 3 is 3.00 bits per heavy atom. The molecule has 1 fully saturated rings. The zero-order valence-electron chi connectivity index (χ0n) is 12.0. The number of carbonyl (C=O) groups excluding carboxylic acids is 1. The van der Waals surface area contributed by atoms with Crippen LogP contribution in [-0.2, 0) is 4.79 Å². The summed E-state index contributed by atoms with van der Waals surface area (Å²) in [7, 11) is 0. The number of rotatable bonds is 5. The summed E-state index contributed by atoms with van der Waals surface area (Å²) in [6.45, 7) is 4.31. The van der Waals surface area contributed by atoms with Gasteiger partial charge in [-0.05, 0) is 37.1 Å². The molecule has 21 heavy (non-hydrogen) atoms. The maximum Gasteiger partial charge on any atom is 0.223 e. The molecule has 1 saturated heterocycles. The largest absolute Gasteiger partial charge is 0.491 e. The lowest BCUT2D eigenvalue weighted by atomic mass is 9.95. The first-order chi connectivity index (χ1) is 10.1. The van der Waals surface area contributed by atoms with Crippen molar-refractivity contribution in [1.82, 2.24) is 10.6 Å². The number of hydrogen-bond donors (Lipinski definition) is 2. The van der Waals surface area contributed by atoms with Crippen molar-refractivity contribution in [3.63, 3.8) is 0 Å². The fourth-order valence-corrected chi connectivity index (χ4v) is 2.77. The smallest absolute Gasteiger partial charge is 0.223 e. The quantitative estimate of drug-likeness (QED) is 0.872. The van der Waals surface area contributed by atoms with Gasteiger partial charge in [0.1, 0.15) is 5.75 Å². The Morgan fingerprint density at radius 1 is 1.48 bits per heavy atom. The lowest BCUT2D eigenvalue weighted by molar-refractivity contribution is -0.122. The molecule has 2 N–H and O–H groups in total. The summed E-state index contributed by atoms with van der Waals surface area (Å²) in [5.41, 5.74) is 0. The van der Waals surface area contributed by atoms with Crippen LogP contribution in [0.25, 0.3) is 0 Å². The molecule has 6 heteroatoms. The van der Waals surface area contributed by atoms with Gasteiger partial charge in [0.05, 0.1) is 18.1 Å². The van der Waals surface area contributed by atoms with E-state index in [9.17, 15) is 4.79 Å². The van der Waals surface area contributed by atoms with E-state index in [-0.39, 0.29) is 11.9 Å². The average molecular weight is 331 g/mol. The van der Waals surface area contributed by atoms with Gasteiger partial charge in [0.15, 0.2) is 0 Å². The Kier molecular flexibility index (Phi) is 6.15. The van der Waals surface area contributed by atoms with Crippen LogP contribution >= 0.6 is 23.2 Å². The molecule has 0 saturated carbocycles. The van der Waals surface area contributed by atoms with E-state index < -0.39 is 0 Å². The van der Waals surface area contributed by atoms with Crippen molar-refractivity contribution in [2.75, 3.05) is 19.7 Å². The number of nitrogens with one attached hydrogen (secondary N) is 2. The highest BCUT2D eigenvalue weighted by Crippen LogP contribution is 2.27. The van der Waals surface area contributed by atoms with Gasteiger partial charge in [-0.3, -0.25) is 4.79 Å². The van der Waals surface area contributed by atoms with Crippen LogP contribution in [0.2, 0.25) is 10.0 Å². The van der Waals surface area contributed by atoms with Gasteiger partial charge in [-0.1, -0.05) is 30.1 Å². The Bertz CT molecular complexity index is 497. The van der Waals surface area contributed by atoms with Crippen molar-refractivity contribution in [3.05, 3.63) is 28.2 Å². The molecule has 0 radical (unpaired) electrons. The molecule has 0 spiro atoms. The molecule has 4 nitrogen and oxygen atoms in total. The third-order valence-electron chi connectivity index (χ3n) is 3.65. The van der Waals surface area contributed by atoms with E-state index in [1.807, 2.05) is 0 Å². The first-order valence-electron chi connectivity index (χ1n) is 7.14. The van der Waals surface area contributed by atoms with Crippen LogP contribution in [-0.4, -0.2) is 31.6 Å². The summed E-state index contributed by atoms with van der Waals surface area (Å²) in [6.07, 6.45) is 1.39. The molecule has 1 aliphatic rings. The molecule has 2 rings (SSSR count). The highest BCUT2D eigenvalue weighted by Gasteiger charge is 2.22. The predicted octanol–water partition coefficient (Wildman–Crippen LogP) is 2.88. The maximum absolute atomic E-state index is 11.9. The first-order valence-corrected chi connectivity index (χ1v) is 7.90. The number of carbonyl (C=O) groups is 1. The number of ether oxygens (including phenoxy) is 1. The number of benzene rings is 1. The number of piperidine rings is 1. The number of amides is 1.